The highest BCUT2D eigenvalue weighted by molar-refractivity contribution is 6.02. The Morgan fingerprint density at radius 3 is 2.50 bits per heavy atom. The molecule has 2 N–H and O–H groups in total. The number of aliphatic hydroxyl groups excluding tert-OH is 2. The highest BCUT2D eigenvalue weighted by Crippen LogP contribution is 2.33. The van der Waals surface area contributed by atoms with Crippen LogP contribution in [0.25, 0.3) is 0 Å². The van der Waals surface area contributed by atoms with Crippen molar-refractivity contribution in [3.8, 4) is 0 Å². The third kappa shape index (κ3) is 1.50. The minimum absolute atomic E-state index is 0.188. The highest BCUT2D eigenvalue weighted by atomic mass is 16.5. The van der Waals surface area contributed by atoms with Crippen molar-refractivity contribution in [2.45, 2.75) is 45.3 Å². The summed E-state index contributed by atoms with van der Waals surface area (Å²) in [6, 6.07) is 0. The lowest BCUT2D eigenvalue weighted by Gasteiger charge is -2.28. The topological polar surface area (TPSA) is 66.8 Å². The number of hydrogen-bond donors (Lipinski definition) is 2. The van der Waals surface area contributed by atoms with Crippen LogP contribution < -0.4 is 0 Å². The first kappa shape index (κ1) is 11.0. The number of Topliss-reactive ketones (excluding diaryl/α,β-unsaturated/α-hetero) is 1. The molecule has 80 valence electrons. The van der Waals surface area contributed by atoms with Crippen molar-refractivity contribution in [3.05, 3.63) is 11.5 Å². The molecule has 4 heteroatoms. The first-order valence-corrected chi connectivity index (χ1v) is 4.75. The lowest BCUT2D eigenvalue weighted by molar-refractivity contribution is -0.142. The Kier molecular flexibility index (Phi) is 2.85. The second kappa shape index (κ2) is 3.61. The molecule has 2 unspecified atom stereocenters. The minimum atomic E-state index is -1.30. The fraction of sp³-hybridized carbons (Fsp3) is 0.700. The van der Waals surface area contributed by atoms with E-state index < -0.39 is 17.5 Å². The van der Waals surface area contributed by atoms with Crippen molar-refractivity contribution in [2.24, 2.45) is 0 Å². The Morgan fingerprint density at radius 2 is 2.14 bits per heavy atom. The molecule has 0 aromatic carbocycles. The molecule has 0 amide bonds. The third-order valence-electron chi connectivity index (χ3n) is 2.56. The summed E-state index contributed by atoms with van der Waals surface area (Å²) in [5.41, 5.74) is -1.30. The van der Waals surface area contributed by atoms with Crippen molar-refractivity contribution in [2.75, 3.05) is 0 Å². The van der Waals surface area contributed by atoms with Crippen LogP contribution in [-0.2, 0) is 9.53 Å². The van der Waals surface area contributed by atoms with Crippen molar-refractivity contribution in [1.29, 1.82) is 0 Å². The Labute approximate surface area is 83.2 Å². The Morgan fingerprint density at radius 1 is 1.57 bits per heavy atom. The predicted octanol–water partition coefficient (Wildman–Crippen LogP) is 1.29. The van der Waals surface area contributed by atoms with Gasteiger partial charge in [-0.1, -0.05) is 13.3 Å². The van der Waals surface area contributed by atoms with E-state index >= 15 is 0 Å². The number of hydrogen-bond acceptors (Lipinski definition) is 4. The van der Waals surface area contributed by atoms with Gasteiger partial charge in [-0.3, -0.25) is 4.79 Å². The molecule has 0 fully saturated rings. The Hall–Kier alpha value is -1.03. The smallest absolute Gasteiger partial charge is 0.246 e. The van der Waals surface area contributed by atoms with Crippen LogP contribution in [0.3, 0.4) is 0 Å². The molecule has 1 aliphatic heterocycles. The number of ether oxygens (including phenoxy) is 1. The van der Waals surface area contributed by atoms with Gasteiger partial charge in [0.1, 0.15) is 11.9 Å². The molecule has 14 heavy (non-hydrogen) atoms. The SMILES string of the molecule is CCCC(O)C1(C)OC(C)=C(O)C1=O. The summed E-state index contributed by atoms with van der Waals surface area (Å²) in [5, 5.41) is 19.0. The van der Waals surface area contributed by atoms with Crippen LogP contribution in [0.15, 0.2) is 11.5 Å². The van der Waals surface area contributed by atoms with Gasteiger partial charge in [0, 0.05) is 0 Å². The van der Waals surface area contributed by atoms with E-state index in [0.717, 1.165) is 6.42 Å². The molecular formula is C10H16O4. The summed E-state index contributed by atoms with van der Waals surface area (Å²) in [5.74, 6) is -0.716. The molecule has 2 atom stereocenters. The minimum Gasteiger partial charge on any atom is -0.502 e. The van der Waals surface area contributed by atoms with E-state index in [1.165, 1.54) is 13.8 Å². The van der Waals surface area contributed by atoms with E-state index in [0.29, 0.717) is 6.42 Å². The van der Waals surface area contributed by atoms with Crippen molar-refractivity contribution < 1.29 is 19.7 Å². The van der Waals surface area contributed by atoms with Crippen LogP contribution >= 0.6 is 0 Å². The summed E-state index contributed by atoms with van der Waals surface area (Å²) in [7, 11) is 0. The number of rotatable bonds is 3. The zero-order valence-electron chi connectivity index (χ0n) is 8.70. The fourth-order valence-corrected chi connectivity index (χ4v) is 1.58. The highest BCUT2D eigenvalue weighted by Gasteiger charge is 2.49. The largest absolute Gasteiger partial charge is 0.502 e. The third-order valence-corrected chi connectivity index (χ3v) is 2.56. The van der Waals surface area contributed by atoms with Crippen molar-refractivity contribution in [1.82, 2.24) is 0 Å². The molecule has 1 aliphatic rings. The molecule has 1 heterocycles. The van der Waals surface area contributed by atoms with Gasteiger partial charge in [0.05, 0.1) is 0 Å². The van der Waals surface area contributed by atoms with Gasteiger partial charge >= 0.3 is 0 Å². The summed E-state index contributed by atoms with van der Waals surface area (Å²) in [6.07, 6.45) is 0.357. The molecule has 4 nitrogen and oxygen atoms in total. The van der Waals surface area contributed by atoms with Crippen molar-refractivity contribution >= 4 is 5.78 Å². The number of carbonyl (C=O) groups is 1. The van der Waals surface area contributed by atoms with Crippen LogP contribution in [0.4, 0.5) is 0 Å². The van der Waals surface area contributed by atoms with Gasteiger partial charge in [-0.25, -0.2) is 0 Å². The lowest BCUT2D eigenvalue weighted by Crippen LogP contribution is -2.46. The maximum absolute atomic E-state index is 11.6. The molecule has 0 aliphatic carbocycles. The number of carbonyl (C=O) groups excluding carboxylic acids is 1. The van der Waals surface area contributed by atoms with Gasteiger partial charge in [-0.05, 0) is 20.3 Å². The zero-order valence-corrected chi connectivity index (χ0v) is 8.70. The second-order valence-corrected chi connectivity index (χ2v) is 3.75. The molecule has 1 rings (SSSR count). The number of aliphatic hydroxyl groups is 2. The fourth-order valence-electron chi connectivity index (χ4n) is 1.58. The quantitative estimate of drug-likeness (QED) is 0.720. The first-order chi connectivity index (χ1) is 6.43. The number of ketones is 1. The Balaban J connectivity index is 2.85. The molecular weight excluding hydrogens is 184 g/mol. The first-order valence-electron chi connectivity index (χ1n) is 4.75. The van der Waals surface area contributed by atoms with E-state index in [4.69, 9.17) is 4.74 Å². The van der Waals surface area contributed by atoms with E-state index in [1.807, 2.05) is 6.92 Å². The molecule has 0 aromatic heterocycles. The van der Waals surface area contributed by atoms with Crippen LogP contribution in [-0.4, -0.2) is 27.7 Å². The van der Waals surface area contributed by atoms with E-state index in [1.54, 1.807) is 0 Å². The summed E-state index contributed by atoms with van der Waals surface area (Å²) in [6.45, 7) is 4.92. The van der Waals surface area contributed by atoms with Gasteiger partial charge in [0.2, 0.25) is 11.5 Å². The monoisotopic (exact) mass is 200 g/mol. The van der Waals surface area contributed by atoms with E-state index in [2.05, 4.69) is 0 Å². The molecule has 0 spiro atoms. The average Bonchev–Trinajstić information content (AvgIpc) is 2.32. The molecule has 0 aromatic rings. The van der Waals surface area contributed by atoms with Gasteiger partial charge in [-0.2, -0.15) is 0 Å². The number of allylic oxidation sites excluding steroid dienone is 1. The summed E-state index contributed by atoms with van der Waals surface area (Å²) < 4.78 is 5.22. The maximum Gasteiger partial charge on any atom is 0.246 e. The van der Waals surface area contributed by atoms with Crippen LogP contribution in [0.5, 0.6) is 0 Å². The second-order valence-electron chi connectivity index (χ2n) is 3.75. The zero-order chi connectivity index (χ0) is 10.9. The van der Waals surface area contributed by atoms with E-state index in [9.17, 15) is 15.0 Å². The van der Waals surface area contributed by atoms with Gasteiger partial charge < -0.3 is 14.9 Å². The van der Waals surface area contributed by atoms with Gasteiger partial charge in [0.25, 0.3) is 0 Å². The standard InChI is InChI=1S/C10H16O4/c1-4-5-7(11)10(3)9(13)8(12)6(2)14-10/h7,11-12H,4-5H2,1-3H3. The van der Waals surface area contributed by atoms with Gasteiger partial charge in [0.15, 0.2) is 5.60 Å². The average molecular weight is 200 g/mol. The maximum atomic E-state index is 11.6. The van der Waals surface area contributed by atoms with Gasteiger partial charge in [-0.15, -0.1) is 0 Å². The Bertz CT molecular complexity index is 282. The van der Waals surface area contributed by atoms with Crippen LogP contribution in [0.1, 0.15) is 33.6 Å². The molecule has 0 bridgehead atoms. The normalized spacial score (nSPS) is 29.3. The molecule has 0 radical (unpaired) electrons. The lowest BCUT2D eigenvalue weighted by atomic mass is 9.91. The summed E-state index contributed by atoms with van der Waals surface area (Å²) >= 11 is 0. The summed E-state index contributed by atoms with van der Waals surface area (Å²) in [4.78, 5) is 11.6. The molecule has 0 saturated heterocycles. The van der Waals surface area contributed by atoms with Crippen molar-refractivity contribution in [3.63, 3.8) is 0 Å². The van der Waals surface area contributed by atoms with Crippen LogP contribution in [0, 0.1) is 0 Å². The molecule has 0 saturated carbocycles. The predicted molar refractivity (Wildman–Crippen MR) is 50.7 cm³/mol. The van der Waals surface area contributed by atoms with Crippen LogP contribution in [0.2, 0.25) is 0 Å². The van der Waals surface area contributed by atoms with E-state index in [-0.39, 0.29) is 11.5 Å².